The number of amides is 2. The van der Waals surface area contributed by atoms with Crippen molar-refractivity contribution < 1.29 is 14.7 Å². The third-order valence-electron chi connectivity index (χ3n) is 6.01. The van der Waals surface area contributed by atoms with E-state index in [1.807, 2.05) is 43.3 Å². The number of likely N-dealkylation sites (N-methyl/N-ethyl adjacent to an activating group) is 1. The number of aromatic carboxylic acids is 1. The number of nitrogens with zero attached hydrogens (tertiary/aromatic N) is 7. The van der Waals surface area contributed by atoms with Crippen molar-refractivity contribution in [1.82, 2.24) is 34.9 Å². The summed E-state index contributed by atoms with van der Waals surface area (Å²) in [5, 5.41) is 19.2. The van der Waals surface area contributed by atoms with Crippen LogP contribution in [0.4, 0.5) is 16.3 Å². The monoisotopic (exact) mass is 493 g/mol. The molecule has 4 rings (SSSR count). The molecular formula is C24H31N9O3. The number of hydrogen-bond acceptors (Lipinski definition) is 8. The van der Waals surface area contributed by atoms with Gasteiger partial charge in [0, 0.05) is 70.8 Å². The summed E-state index contributed by atoms with van der Waals surface area (Å²) in [7, 11) is 6.02. The standard InChI is InChI=1S/C24H31N9O3/c1-30(2)18-6-4-17(5-7-18)20-8-9-25-23(27-20)33-16-19(22(34)35)21(29-33)28-24(36)26-10-11-32-14-12-31(3)13-15-32/h4-9,16H,10-15H2,1-3H3,(H,34,35)(H2,26,28,29,36). The molecule has 1 fully saturated rings. The van der Waals surface area contributed by atoms with Gasteiger partial charge in [-0.1, -0.05) is 12.1 Å². The van der Waals surface area contributed by atoms with E-state index in [0.717, 1.165) is 44.0 Å². The SMILES string of the molecule is CN1CCN(CCNC(=O)Nc2nn(-c3nccc(-c4ccc(N(C)C)cc4)n3)cc2C(=O)O)CC1. The summed E-state index contributed by atoms with van der Waals surface area (Å²) < 4.78 is 1.25. The van der Waals surface area contributed by atoms with E-state index < -0.39 is 12.0 Å². The van der Waals surface area contributed by atoms with E-state index in [-0.39, 0.29) is 17.3 Å². The number of rotatable bonds is 8. The molecule has 0 atom stereocenters. The van der Waals surface area contributed by atoms with Gasteiger partial charge in [0.15, 0.2) is 5.82 Å². The van der Waals surface area contributed by atoms with E-state index in [1.54, 1.807) is 12.3 Å². The van der Waals surface area contributed by atoms with Crippen molar-refractivity contribution in [3.05, 3.63) is 48.3 Å². The first-order valence-corrected chi connectivity index (χ1v) is 11.7. The predicted molar refractivity (Wildman–Crippen MR) is 137 cm³/mol. The normalized spacial score (nSPS) is 14.4. The Morgan fingerprint density at radius 2 is 1.81 bits per heavy atom. The van der Waals surface area contributed by atoms with Crippen molar-refractivity contribution in [2.24, 2.45) is 0 Å². The lowest BCUT2D eigenvalue weighted by Crippen LogP contribution is -2.47. The minimum atomic E-state index is -1.22. The summed E-state index contributed by atoms with van der Waals surface area (Å²) in [4.78, 5) is 39.5. The molecule has 0 radical (unpaired) electrons. The molecule has 1 aliphatic heterocycles. The van der Waals surface area contributed by atoms with E-state index >= 15 is 0 Å². The molecule has 2 amide bonds. The van der Waals surface area contributed by atoms with Gasteiger partial charge in [0.05, 0.1) is 11.9 Å². The van der Waals surface area contributed by atoms with Crippen LogP contribution in [0.1, 0.15) is 10.4 Å². The molecule has 3 heterocycles. The van der Waals surface area contributed by atoms with Crippen molar-refractivity contribution in [3.8, 4) is 17.2 Å². The van der Waals surface area contributed by atoms with Gasteiger partial charge in [-0.05, 0) is 25.2 Å². The number of carbonyl (C=O) groups excluding carboxylic acids is 1. The molecule has 12 heteroatoms. The number of nitrogens with one attached hydrogen (secondary N) is 2. The Morgan fingerprint density at radius 1 is 1.08 bits per heavy atom. The average molecular weight is 494 g/mol. The summed E-state index contributed by atoms with van der Waals surface area (Å²) >= 11 is 0. The third kappa shape index (κ3) is 6.15. The lowest BCUT2D eigenvalue weighted by Gasteiger charge is -2.32. The zero-order chi connectivity index (χ0) is 25.7. The number of benzene rings is 1. The molecule has 190 valence electrons. The van der Waals surface area contributed by atoms with Gasteiger partial charge in [-0.15, -0.1) is 5.10 Å². The summed E-state index contributed by atoms with van der Waals surface area (Å²) in [6, 6.07) is 9.12. The van der Waals surface area contributed by atoms with E-state index in [4.69, 9.17) is 0 Å². The largest absolute Gasteiger partial charge is 0.477 e. The number of piperazine rings is 1. The molecule has 0 bridgehead atoms. The number of carboxylic acids is 1. The maximum Gasteiger partial charge on any atom is 0.341 e. The first-order chi connectivity index (χ1) is 17.3. The van der Waals surface area contributed by atoms with Gasteiger partial charge in [-0.3, -0.25) is 10.2 Å². The zero-order valence-electron chi connectivity index (χ0n) is 20.7. The number of carbonyl (C=O) groups is 2. The molecule has 3 aromatic rings. The van der Waals surface area contributed by atoms with Crippen molar-refractivity contribution in [2.45, 2.75) is 0 Å². The van der Waals surface area contributed by atoms with Crippen LogP contribution in [0.3, 0.4) is 0 Å². The van der Waals surface area contributed by atoms with Gasteiger partial charge in [0.2, 0.25) is 0 Å². The zero-order valence-corrected chi connectivity index (χ0v) is 20.7. The fourth-order valence-corrected chi connectivity index (χ4v) is 3.83. The van der Waals surface area contributed by atoms with E-state index in [9.17, 15) is 14.7 Å². The van der Waals surface area contributed by atoms with Crippen LogP contribution in [-0.4, -0.2) is 107 Å². The van der Waals surface area contributed by atoms with Crippen LogP contribution in [0, 0.1) is 0 Å². The molecule has 2 aromatic heterocycles. The Balaban J connectivity index is 1.44. The van der Waals surface area contributed by atoms with Crippen LogP contribution in [0.15, 0.2) is 42.7 Å². The van der Waals surface area contributed by atoms with Gasteiger partial charge >= 0.3 is 12.0 Å². The number of anilines is 2. The molecule has 12 nitrogen and oxygen atoms in total. The third-order valence-corrected chi connectivity index (χ3v) is 6.01. The van der Waals surface area contributed by atoms with Gasteiger partial charge in [0.1, 0.15) is 5.56 Å². The lowest BCUT2D eigenvalue weighted by molar-refractivity contribution is 0.0698. The average Bonchev–Trinajstić information content (AvgIpc) is 3.29. The minimum Gasteiger partial charge on any atom is -0.477 e. The molecule has 3 N–H and O–H groups in total. The Kier molecular flexibility index (Phi) is 7.76. The molecular weight excluding hydrogens is 462 g/mol. The quantitative estimate of drug-likeness (QED) is 0.427. The highest BCUT2D eigenvalue weighted by atomic mass is 16.4. The summed E-state index contributed by atoms with van der Waals surface area (Å²) in [6.45, 7) is 5.05. The molecule has 1 aliphatic rings. The van der Waals surface area contributed by atoms with E-state index in [1.165, 1.54) is 10.9 Å². The predicted octanol–water partition coefficient (Wildman–Crippen LogP) is 1.46. The van der Waals surface area contributed by atoms with Crippen molar-refractivity contribution in [3.63, 3.8) is 0 Å². The van der Waals surface area contributed by atoms with Crippen LogP contribution in [-0.2, 0) is 0 Å². The molecule has 1 aromatic carbocycles. The summed E-state index contributed by atoms with van der Waals surface area (Å²) in [6.07, 6.45) is 2.87. The molecule has 36 heavy (non-hydrogen) atoms. The van der Waals surface area contributed by atoms with Crippen LogP contribution in [0.5, 0.6) is 0 Å². The second-order valence-electron chi connectivity index (χ2n) is 8.85. The van der Waals surface area contributed by atoms with Crippen LogP contribution in [0.25, 0.3) is 17.2 Å². The topological polar surface area (TPSA) is 132 Å². The molecule has 1 saturated heterocycles. The molecule has 0 aliphatic carbocycles. The van der Waals surface area contributed by atoms with Crippen molar-refractivity contribution >= 4 is 23.5 Å². The fourth-order valence-electron chi connectivity index (χ4n) is 3.83. The Morgan fingerprint density at radius 3 is 2.47 bits per heavy atom. The van der Waals surface area contributed by atoms with Crippen molar-refractivity contribution in [2.75, 3.05) is 70.6 Å². The Hall–Kier alpha value is -4.03. The van der Waals surface area contributed by atoms with E-state index in [2.05, 4.69) is 42.5 Å². The number of carboxylic acid groups (broad SMARTS) is 1. The number of hydrogen-bond donors (Lipinski definition) is 3. The highest BCUT2D eigenvalue weighted by Gasteiger charge is 2.20. The lowest BCUT2D eigenvalue weighted by atomic mass is 10.1. The van der Waals surface area contributed by atoms with Gasteiger partial charge in [-0.25, -0.2) is 24.2 Å². The molecule has 0 saturated carbocycles. The summed E-state index contributed by atoms with van der Waals surface area (Å²) in [5.41, 5.74) is 2.44. The highest BCUT2D eigenvalue weighted by Crippen LogP contribution is 2.22. The number of urea groups is 1. The van der Waals surface area contributed by atoms with Crippen LogP contribution >= 0.6 is 0 Å². The van der Waals surface area contributed by atoms with Crippen molar-refractivity contribution in [1.29, 1.82) is 0 Å². The van der Waals surface area contributed by atoms with Gasteiger partial charge < -0.3 is 20.2 Å². The minimum absolute atomic E-state index is 0.0797. The van der Waals surface area contributed by atoms with Gasteiger partial charge in [0.25, 0.3) is 5.95 Å². The van der Waals surface area contributed by atoms with Crippen LogP contribution in [0.2, 0.25) is 0 Å². The van der Waals surface area contributed by atoms with E-state index in [0.29, 0.717) is 12.2 Å². The number of aromatic nitrogens is 4. The van der Waals surface area contributed by atoms with Crippen LogP contribution < -0.4 is 15.5 Å². The molecule has 0 spiro atoms. The fraction of sp³-hybridized carbons (Fsp3) is 0.375. The Bertz CT molecular complexity index is 1200. The second kappa shape index (κ2) is 11.1. The maximum atomic E-state index is 12.4. The maximum absolute atomic E-state index is 12.4. The molecule has 0 unspecified atom stereocenters. The smallest absolute Gasteiger partial charge is 0.341 e. The second-order valence-corrected chi connectivity index (χ2v) is 8.85. The Labute approximate surface area is 209 Å². The first-order valence-electron chi connectivity index (χ1n) is 11.7. The highest BCUT2D eigenvalue weighted by molar-refractivity contribution is 5.98. The summed E-state index contributed by atoms with van der Waals surface area (Å²) in [5.74, 6) is -1.11. The van der Waals surface area contributed by atoms with Gasteiger partial charge in [-0.2, -0.15) is 0 Å². The first kappa shape index (κ1) is 25.1.